The van der Waals surface area contributed by atoms with Gasteiger partial charge in [-0.05, 0) is 11.0 Å². The molecule has 1 atom stereocenters. The van der Waals surface area contributed by atoms with Crippen LogP contribution in [0.25, 0.3) is 0 Å². The number of hydrogen-bond donors (Lipinski definition) is 2. The van der Waals surface area contributed by atoms with Gasteiger partial charge in [0.15, 0.2) is 0 Å². The Labute approximate surface area is 95.5 Å². The van der Waals surface area contributed by atoms with Crippen LogP contribution < -0.4 is 0 Å². The molecule has 0 bridgehead atoms. The summed E-state index contributed by atoms with van der Waals surface area (Å²) in [6.07, 6.45) is -0.630. The molecule has 0 aliphatic heterocycles. The first-order valence-corrected chi connectivity index (χ1v) is 6.52. The predicted octanol–water partition coefficient (Wildman–Crippen LogP) is 2.88. The molecule has 1 aromatic rings. The van der Waals surface area contributed by atoms with Crippen LogP contribution in [0, 0.1) is 5.41 Å². The standard InChI is InChI=1S/C11H17O4P/c1-11(2,3)10(15-16(12,13)14)9-7-5-4-6-8-9/h4-8,10H,1-3H3,(H2,12,13,14). The maximum Gasteiger partial charge on any atom is 0.470 e. The van der Waals surface area contributed by atoms with E-state index in [0.29, 0.717) is 0 Å². The molecule has 5 heteroatoms. The lowest BCUT2D eigenvalue weighted by atomic mass is 9.85. The Hall–Kier alpha value is -0.670. The third-order valence-corrected chi connectivity index (χ3v) is 2.62. The van der Waals surface area contributed by atoms with E-state index in [4.69, 9.17) is 14.3 Å². The summed E-state index contributed by atoms with van der Waals surface area (Å²) in [5, 5.41) is 0. The Morgan fingerprint density at radius 1 is 1.19 bits per heavy atom. The number of hydrogen-bond acceptors (Lipinski definition) is 2. The molecule has 0 saturated heterocycles. The summed E-state index contributed by atoms with van der Waals surface area (Å²) in [6.45, 7) is 5.63. The summed E-state index contributed by atoms with van der Waals surface area (Å²) in [4.78, 5) is 17.8. The molecule has 1 rings (SSSR count). The number of phosphoric ester groups is 1. The first kappa shape index (κ1) is 13.4. The van der Waals surface area contributed by atoms with Gasteiger partial charge >= 0.3 is 7.82 Å². The summed E-state index contributed by atoms with van der Waals surface area (Å²) in [7, 11) is -4.48. The Bertz CT molecular complexity index is 377. The van der Waals surface area contributed by atoms with Crippen LogP contribution in [0.2, 0.25) is 0 Å². The van der Waals surface area contributed by atoms with Crippen molar-refractivity contribution in [1.82, 2.24) is 0 Å². The second-order valence-corrected chi connectivity index (χ2v) is 5.94. The minimum absolute atomic E-state index is 0.386. The SMILES string of the molecule is CC(C)(C)C(OP(=O)(O)O)c1ccccc1. The van der Waals surface area contributed by atoms with Crippen molar-refractivity contribution in [2.45, 2.75) is 26.9 Å². The number of benzene rings is 1. The zero-order valence-electron chi connectivity index (χ0n) is 9.62. The third-order valence-electron chi connectivity index (χ3n) is 2.13. The maximum atomic E-state index is 10.9. The Kier molecular flexibility index (Phi) is 3.92. The fraction of sp³-hybridized carbons (Fsp3) is 0.455. The van der Waals surface area contributed by atoms with Gasteiger partial charge in [-0.1, -0.05) is 51.1 Å². The monoisotopic (exact) mass is 244 g/mol. The highest BCUT2D eigenvalue weighted by atomic mass is 31.2. The van der Waals surface area contributed by atoms with Crippen molar-refractivity contribution < 1.29 is 18.9 Å². The van der Waals surface area contributed by atoms with Crippen LogP contribution in [0.3, 0.4) is 0 Å². The minimum Gasteiger partial charge on any atom is -0.303 e. The topological polar surface area (TPSA) is 66.8 Å². The van der Waals surface area contributed by atoms with Gasteiger partial charge < -0.3 is 9.79 Å². The Morgan fingerprint density at radius 3 is 2.06 bits per heavy atom. The van der Waals surface area contributed by atoms with E-state index in [-0.39, 0.29) is 5.41 Å². The quantitative estimate of drug-likeness (QED) is 0.802. The molecular weight excluding hydrogens is 227 g/mol. The predicted molar refractivity (Wildman–Crippen MR) is 61.8 cm³/mol. The average Bonchev–Trinajstić information content (AvgIpc) is 2.13. The minimum atomic E-state index is -4.48. The molecule has 0 spiro atoms. The van der Waals surface area contributed by atoms with E-state index in [0.717, 1.165) is 5.56 Å². The molecule has 2 N–H and O–H groups in total. The number of phosphoric acid groups is 1. The van der Waals surface area contributed by atoms with Crippen LogP contribution in [-0.2, 0) is 9.09 Å². The molecule has 0 amide bonds. The molecule has 0 aliphatic rings. The highest BCUT2D eigenvalue weighted by Crippen LogP contribution is 2.48. The normalized spacial score (nSPS) is 14.8. The molecule has 0 heterocycles. The van der Waals surface area contributed by atoms with E-state index in [9.17, 15) is 4.57 Å². The van der Waals surface area contributed by atoms with Gasteiger partial charge in [0.1, 0.15) is 0 Å². The van der Waals surface area contributed by atoms with Gasteiger partial charge in [-0.2, -0.15) is 0 Å². The molecule has 16 heavy (non-hydrogen) atoms. The van der Waals surface area contributed by atoms with Gasteiger partial charge in [-0.15, -0.1) is 0 Å². The fourth-order valence-electron chi connectivity index (χ4n) is 1.48. The summed E-state index contributed by atoms with van der Waals surface area (Å²) in [5.41, 5.74) is 0.376. The van der Waals surface area contributed by atoms with E-state index < -0.39 is 13.9 Å². The smallest absolute Gasteiger partial charge is 0.303 e. The van der Waals surface area contributed by atoms with Crippen molar-refractivity contribution in [3.05, 3.63) is 35.9 Å². The Balaban J connectivity index is 3.03. The lowest BCUT2D eigenvalue weighted by molar-refractivity contribution is 0.0522. The zero-order chi connectivity index (χ0) is 12.4. The van der Waals surface area contributed by atoms with Crippen molar-refractivity contribution in [3.63, 3.8) is 0 Å². The van der Waals surface area contributed by atoms with Gasteiger partial charge in [0.25, 0.3) is 0 Å². The van der Waals surface area contributed by atoms with Gasteiger partial charge in [0, 0.05) is 0 Å². The van der Waals surface area contributed by atoms with Crippen molar-refractivity contribution in [2.75, 3.05) is 0 Å². The van der Waals surface area contributed by atoms with E-state index >= 15 is 0 Å². The average molecular weight is 244 g/mol. The van der Waals surface area contributed by atoms with Crippen molar-refractivity contribution in [2.24, 2.45) is 5.41 Å². The molecule has 0 aromatic heterocycles. The van der Waals surface area contributed by atoms with E-state index in [1.54, 1.807) is 12.1 Å². The molecule has 0 saturated carbocycles. The van der Waals surface area contributed by atoms with Crippen LogP contribution in [-0.4, -0.2) is 9.79 Å². The number of rotatable bonds is 3. The lowest BCUT2D eigenvalue weighted by Crippen LogP contribution is -2.20. The molecule has 1 unspecified atom stereocenters. The van der Waals surface area contributed by atoms with Gasteiger partial charge in [0.2, 0.25) is 0 Å². The van der Waals surface area contributed by atoms with Crippen LogP contribution in [0.4, 0.5) is 0 Å². The van der Waals surface area contributed by atoms with Crippen LogP contribution in [0.15, 0.2) is 30.3 Å². The lowest BCUT2D eigenvalue weighted by Gasteiger charge is -2.30. The van der Waals surface area contributed by atoms with Gasteiger partial charge in [-0.3, -0.25) is 4.52 Å². The van der Waals surface area contributed by atoms with E-state index in [1.807, 2.05) is 39.0 Å². The van der Waals surface area contributed by atoms with Crippen LogP contribution in [0.1, 0.15) is 32.4 Å². The Morgan fingerprint density at radius 2 is 1.69 bits per heavy atom. The second-order valence-electron chi connectivity index (χ2n) is 4.75. The summed E-state index contributed by atoms with van der Waals surface area (Å²) < 4.78 is 15.8. The molecule has 0 radical (unpaired) electrons. The largest absolute Gasteiger partial charge is 0.470 e. The molecule has 0 fully saturated rings. The van der Waals surface area contributed by atoms with E-state index in [2.05, 4.69) is 0 Å². The van der Waals surface area contributed by atoms with Gasteiger partial charge in [-0.25, -0.2) is 4.57 Å². The molecule has 4 nitrogen and oxygen atoms in total. The third kappa shape index (κ3) is 4.06. The fourth-order valence-corrected chi connectivity index (χ4v) is 2.20. The summed E-state index contributed by atoms with van der Waals surface area (Å²) in [5.74, 6) is 0. The van der Waals surface area contributed by atoms with Crippen molar-refractivity contribution >= 4 is 7.82 Å². The highest BCUT2D eigenvalue weighted by Gasteiger charge is 2.33. The van der Waals surface area contributed by atoms with Crippen molar-refractivity contribution in [1.29, 1.82) is 0 Å². The van der Waals surface area contributed by atoms with E-state index in [1.165, 1.54) is 0 Å². The maximum absolute atomic E-state index is 10.9. The molecule has 0 aliphatic carbocycles. The summed E-state index contributed by atoms with van der Waals surface area (Å²) in [6, 6.07) is 9.08. The first-order chi connectivity index (χ1) is 7.20. The second kappa shape index (κ2) is 4.68. The molecule has 1 aromatic carbocycles. The highest BCUT2D eigenvalue weighted by molar-refractivity contribution is 7.46. The van der Waals surface area contributed by atoms with Crippen LogP contribution >= 0.6 is 7.82 Å². The molecular formula is C11H17O4P. The molecule has 90 valence electrons. The van der Waals surface area contributed by atoms with Crippen molar-refractivity contribution in [3.8, 4) is 0 Å². The summed E-state index contributed by atoms with van der Waals surface area (Å²) >= 11 is 0. The zero-order valence-corrected chi connectivity index (χ0v) is 10.5. The van der Waals surface area contributed by atoms with Gasteiger partial charge in [0.05, 0.1) is 6.10 Å². The van der Waals surface area contributed by atoms with Crippen LogP contribution in [0.5, 0.6) is 0 Å². The first-order valence-electron chi connectivity index (χ1n) is 4.99.